The second-order valence-electron chi connectivity index (χ2n) is 5.53. The maximum atomic E-state index is 4.21. The molecule has 1 saturated carbocycles. The SMILES string of the molecule is C(=NNc1ccccn1)c1ccc(SC2CCCCC2)cc1. The van der Waals surface area contributed by atoms with Gasteiger partial charge in [-0.3, -0.25) is 5.43 Å². The highest BCUT2D eigenvalue weighted by atomic mass is 32.2. The Morgan fingerprint density at radius 2 is 1.86 bits per heavy atom. The fourth-order valence-corrected chi connectivity index (χ4v) is 3.86. The lowest BCUT2D eigenvalue weighted by Gasteiger charge is -2.20. The van der Waals surface area contributed by atoms with E-state index >= 15 is 0 Å². The second kappa shape index (κ2) is 7.99. The number of benzene rings is 1. The summed E-state index contributed by atoms with van der Waals surface area (Å²) in [6, 6.07) is 14.3. The van der Waals surface area contributed by atoms with E-state index in [1.165, 1.54) is 37.0 Å². The van der Waals surface area contributed by atoms with Crippen molar-refractivity contribution < 1.29 is 0 Å². The predicted octanol–water partition coefficient (Wildman–Crippen LogP) is 4.95. The first-order chi connectivity index (χ1) is 10.9. The van der Waals surface area contributed by atoms with E-state index in [0.29, 0.717) is 0 Å². The molecule has 1 heterocycles. The number of hydrogen-bond acceptors (Lipinski definition) is 4. The van der Waals surface area contributed by atoms with Gasteiger partial charge in [0.15, 0.2) is 0 Å². The molecule has 0 saturated heterocycles. The molecule has 0 aliphatic heterocycles. The minimum absolute atomic E-state index is 0.753. The fourth-order valence-electron chi connectivity index (χ4n) is 2.61. The minimum atomic E-state index is 0.753. The Balaban J connectivity index is 1.52. The molecule has 0 atom stereocenters. The van der Waals surface area contributed by atoms with Gasteiger partial charge in [0, 0.05) is 16.3 Å². The molecule has 22 heavy (non-hydrogen) atoms. The van der Waals surface area contributed by atoms with Gasteiger partial charge in [-0.2, -0.15) is 5.10 Å². The Kier molecular flexibility index (Phi) is 5.48. The third-order valence-corrected chi connectivity index (χ3v) is 5.14. The topological polar surface area (TPSA) is 37.3 Å². The predicted molar refractivity (Wildman–Crippen MR) is 94.6 cm³/mol. The van der Waals surface area contributed by atoms with Gasteiger partial charge in [-0.25, -0.2) is 4.98 Å². The maximum Gasteiger partial charge on any atom is 0.146 e. The molecule has 114 valence electrons. The van der Waals surface area contributed by atoms with Crippen molar-refractivity contribution in [2.45, 2.75) is 42.2 Å². The van der Waals surface area contributed by atoms with Crippen LogP contribution in [0.5, 0.6) is 0 Å². The molecule has 1 aliphatic rings. The van der Waals surface area contributed by atoms with Gasteiger partial charge in [0.25, 0.3) is 0 Å². The van der Waals surface area contributed by atoms with Crippen LogP contribution in [0.2, 0.25) is 0 Å². The number of anilines is 1. The van der Waals surface area contributed by atoms with Crippen LogP contribution in [0.3, 0.4) is 0 Å². The number of nitrogens with zero attached hydrogens (tertiary/aromatic N) is 2. The van der Waals surface area contributed by atoms with Crippen molar-refractivity contribution >= 4 is 23.8 Å². The number of hydrazone groups is 1. The van der Waals surface area contributed by atoms with E-state index in [-0.39, 0.29) is 0 Å². The lowest BCUT2D eigenvalue weighted by atomic mass is 10.0. The summed E-state index contributed by atoms with van der Waals surface area (Å²) >= 11 is 2.02. The molecular weight excluding hydrogens is 290 g/mol. The van der Waals surface area contributed by atoms with Crippen LogP contribution in [-0.2, 0) is 0 Å². The number of nitrogens with one attached hydrogen (secondary N) is 1. The molecule has 0 unspecified atom stereocenters. The molecule has 1 N–H and O–H groups in total. The maximum absolute atomic E-state index is 4.21. The molecule has 0 amide bonds. The Morgan fingerprint density at radius 3 is 2.59 bits per heavy atom. The van der Waals surface area contributed by atoms with Crippen LogP contribution in [0.4, 0.5) is 5.82 Å². The van der Waals surface area contributed by atoms with Crippen LogP contribution in [0, 0.1) is 0 Å². The molecule has 0 radical (unpaired) electrons. The molecule has 1 aromatic carbocycles. The van der Waals surface area contributed by atoms with Crippen molar-refractivity contribution in [3.8, 4) is 0 Å². The van der Waals surface area contributed by atoms with Crippen molar-refractivity contribution in [1.29, 1.82) is 0 Å². The number of hydrogen-bond donors (Lipinski definition) is 1. The van der Waals surface area contributed by atoms with E-state index in [4.69, 9.17) is 0 Å². The Hall–Kier alpha value is -1.81. The van der Waals surface area contributed by atoms with Crippen LogP contribution in [0.15, 0.2) is 58.7 Å². The normalized spacial score (nSPS) is 16.0. The van der Waals surface area contributed by atoms with E-state index in [0.717, 1.165) is 16.6 Å². The van der Waals surface area contributed by atoms with E-state index < -0.39 is 0 Å². The second-order valence-corrected chi connectivity index (χ2v) is 6.91. The Morgan fingerprint density at radius 1 is 1.05 bits per heavy atom. The molecule has 1 fully saturated rings. The van der Waals surface area contributed by atoms with Crippen molar-refractivity contribution in [2.24, 2.45) is 5.10 Å². The van der Waals surface area contributed by atoms with Crippen LogP contribution < -0.4 is 5.43 Å². The van der Waals surface area contributed by atoms with Gasteiger partial charge in [-0.1, -0.05) is 37.5 Å². The van der Waals surface area contributed by atoms with Crippen molar-refractivity contribution in [3.63, 3.8) is 0 Å². The molecule has 1 aromatic heterocycles. The van der Waals surface area contributed by atoms with Gasteiger partial charge in [0.1, 0.15) is 5.82 Å². The third-order valence-electron chi connectivity index (χ3n) is 3.79. The zero-order chi connectivity index (χ0) is 15.0. The van der Waals surface area contributed by atoms with Gasteiger partial charge in [-0.05, 0) is 42.7 Å². The molecule has 2 aromatic rings. The summed E-state index contributed by atoms with van der Waals surface area (Å²) in [4.78, 5) is 5.52. The molecule has 3 rings (SSSR count). The van der Waals surface area contributed by atoms with Gasteiger partial charge in [0.2, 0.25) is 0 Å². The van der Waals surface area contributed by atoms with Crippen molar-refractivity contribution in [2.75, 3.05) is 5.43 Å². The molecule has 1 aliphatic carbocycles. The van der Waals surface area contributed by atoms with Crippen molar-refractivity contribution in [3.05, 3.63) is 54.2 Å². The van der Waals surface area contributed by atoms with Crippen LogP contribution in [-0.4, -0.2) is 16.4 Å². The highest BCUT2D eigenvalue weighted by molar-refractivity contribution is 8.00. The van der Waals surface area contributed by atoms with E-state index in [2.05, 4.69) is 39.8 Å². The number of pyridine rings is 1. The smallest absolute Gasteiger partial charge is 0.146 e. The van der Waals surface area contributed by atoms with E-state index in [1.54, 1.807) is 6.20 Å². The lowest BCUT2D eigenvalue weighted by molar-refractivity contribution is 0.516. The Bertz CT molecular complexity index is 589. The highest BCUT2D eigenvalue weighted by Gasteiger charge is 2.14. The average molecular weight is 311 g/mol. The minimum Gasteiger partial charge on any atom is -0.261 e. The molecular formula is C18H21N3S. The van der Waals surface area contributed by atoms with Crippen molar-refractivity contribution in [1.82, 2.24) is 4.98 Å². The highest BCUT2D eigenvalue weighted by Crippen LogP contribution is 2.33. The summed E-state index contributed by atoms with van der Waals surface area (Å²) < 4.78 is 0. The van der Waals surface area contributed by atoms with Gasteiger partial charge in [-0.15, -0.1) is 11.8 Å². The third kappa shape index (κ3) is 4.60. The zero-order valence-electron chi connectivity index (χ0n) is 12.6. The van der Waals surface area contributed by atoms with E-state index in [9.17, 15) is 0 Å². The average Bonchev–Trinajstić information content (AvgIpc) is 2.58. The van der Waals surface area contributed by atoms with E-state index in [1.807, 2.05) is 36.2 Å². The first-order valence-electron chi connectivity index (χ1n) is 7.87. The molecule has 0 bridgehead atoms. The summed E-state index contributed by atoms with van der Waals surface area (Å²) in [5.74, 6) is 0.753. The van der Waals surface area contributed by atoms with Crippen LogP contribution >= 0.6 is 11.8 Å². The largest absolute Gasteiger partial charge is 0.261 e. The summed E-state index contributed by atoms with van der Waals surface area (Å²) in [6.45, 7) is 0. The van der Waals surface area contributed by atoms with Gasteiger partial charge in [0.05, 0.1) is 6.21 Å². The van der Waals surface area contributed by atoms with Gasteiger partial charge < -0.3 is 0 Å². The van der Waals surface area contributed by atoms with Crippen LogP contribution in [0.25, 0.3) is 0 Å². The monoisotopic (exact) mass is 311 g/mol. The molecule has 0 spiro atoms. The fraction of sp³-hybridized carbons (Fsp3) is 0.333. The standard InChI is InChI=1S/C18H21N3S/c1-2-6-16(7-3-1)22-17-11-9-15(10-12-17)14-20-21-18-8-4-5-13-19-18/h4-5,8-14,16H,1-3,6-7H2,(H,19,21). The summed E-state index contributed by atoms with van der Waals surface area (Å²) in [5.41, 5.74) is 4.02. The molecule has 3 nitrogen and oxygen atoms in total. The number of rotatable bonds is 5. The summed E-state index contributed by atoms with van der Waals surface area (Å²) in [5, 5.41) is 5.02. The summed E-state index contributed by atoms with van der Waals surface area (Å²) in [6.07, 6.45) is 10.5. The quantitative estimate of drug-likeness (QED) is 0.627. The number of thioether (sulfide) groups is 1. The summed E-state index contributed by atoms with van der Waals surface area (Å²) in [7, 11) is 0. The molecule has 4 heteroatoms. The first kappa shape index (κ1) is 15.1. The van der Waals surface area contributed by atoms with Gasteiger partial charge >= 0.3 is 0 Å². The van der Waals surface area contributed by atoms with Crippen LogP contribution in [0.1, 0.15) is 37.7 Å². The Labute approximate surface area is 136 Å². The lowest BCUT2D eigenvalue weighted by Crippen LogP contribution is -2.07. The number of aromatic nitrogens is 1. The first-order valence-corrected chi connectivity index (χ1v) is 8.75. The zero-order valence-corrected chi connectivity index (χ0v) is 13.4.